The number of carbonyl (C=O) groups excluding carboxylic acids is 3. The normalized spacial score (nSPS) is 9.05. The average Bonchev–Trinajstić information content (AvgIpc) is 2.28. The van der Waals surface area contributed by atoms with Gasteiger partial charge in [0.05, 0.1) is 13.2 Å². The summed E-state index contributed by atoms with van der Waals surface area (Å²) in [6, 6.07) is 0. The van der Waals surface area contributed by atoms with Gasteiger partial charge in [0.15, 0.2) is 0 Å². The van der Waals surface area contributed by atoms with Gasteiger partial charge in [0.2, 0.25) is 0 Å². The zero-order chi connectivity index (χ0) is 15.1. The molecule has 0 spiro atoms. The Hall–Kier alpha value is -1.39. The van der Waals surface area contributed by atoms with E-state index in [1.54, 1.807) is 6.92 Å². The lowest BCUT2D eigenvalue weighted by Crippen LogP contribution is -2.07. The van der Waals surface area contributed by atoms with E-state index in [9.17, 15) is 14.4 Å². The maximum Gasteiger partial charge on any atom is 0.313 e. The predicted octanol–water partition coefficient (Wildman–Crippen LogP) is 2.66. The van der Waals surface area contributed by atoms with Crippen LogP contribution in [0.25, 0.3) is 0 Å². The second kappa shape index (κ2) is 14.7. The summed E-state index contributed by atoms with van der Waals surface area (Å²) in [6.07, 6.45) is 4.53. The monoisotopic (exact) mass is 274 g/mol. The van der Waals surface area contributed by atoms with Crippen molar-refractivity contribution in [1.29, 1.82) is 0 Å². The van der Waals surface area contributed by atoms with Crippen LogP contribution in [0.1, 0.15) is 59.8 Å². The molecular formula is C14H26O5. The van der Waals surface area contributed by atoms with Crippen molar-refractivity contribution in [3.8, 4) is 0 Å². The van der Waals surface area contributed by atoms with Gasteiger partial charge in [-0.1, -0.05) is 26.2 Å². The summed E-state index contributed by atoms with van der Waals surface area (Å²) in [5.41, 5.74) is 0. The number of esters is 2. The van der Waals surface area contributed by atoms with Gasteiger partial charge in [-0.2, -0.15) is 0 Å². The second-order valence-electron chi connectivity index (χ2n) is 4.08. The van der Waals surface area contributed by atoms with Crippen LogP contribution in [0.5, 0.6) is 0 Å². The lowest BCUT2D eigenvalue weighted by atomic mass is 10.2. The van der Waals surface area contributed by atoms with E-state index in [2.05, 4.69) is 11.7 Å². The van der Waals surface area contributed by atoms with Gasteiger partial charge in [-0.15, -0.1) is 0 Å². The maximum atomic E-state index is 10.4. The zero-order valence-corrected chi connectivity index (χ0v) is 12.5. The van der Waals surface area contributed by atoms with E-state index in [1.165, 1.54) is 33.1 Å². The molecule has 0 aromatic heterocycles. The molecule has 0 aliphatic carbocycles. The van der Waals surface area contributed by atoms with Gasteiger partial charge in [0, 0.05) is 6.92 Å². The first-order valence-electron chi connectivity index (χ1n) is 6.72. The molecule has 0 saturated heterocycles. The summed E-state index contributed by atoms with van der Waals surface area (Å²) in [6.45, 7) is 7.60. The summed E-state index contributed by atoms with van der Waals surface area (Å²) < 4.78 is 9.24. The molecule has 0 atom stereocenters. The summed E-state index contributed by atoms with van der Waals surface area (Å²) in [5.74, 6) is -0.769. The van der Waals surface area contributed by atoms with E-state index in [4.69, 9.17) is 4.74 Å². The number of ether oxygens (including phenoxy) is 2. The van der Waals surface area contributed by atoms with Crippen LogP contribution in [0, 0.1) is 0 Å². The van der Waals surface area contributed by atoms with E-state index < -0.39 is 5.97 Å². The highest BCUT2D eigenvalue weighted by Crippen LogP contribution is 1.98. The first kappa shape index (κ1) is 19.9. The Labute approximate surface area is 115 Å². The number of carbonyl (C=O) groups is 3. The van der Waals surface area contributed by atoms with Crippen molar-refractivity contribution in [2.75, 3.05) is 13.2 Å². The molecule has 0 amide bonds. The van der Waals surface area contributed by atoms with Crippen molar-refractivity contribution in [2.45, 2.75) is 59.8 Å². The van der Waals surface area contributed by atoms with Gasteiger partial charge in [0.1, 0.15) is 12.2 Å². The first-order chi connectivity index (χ1) is 8.93. The molecular weight excluding hydrogens is 248 g/mol. The van der Waals surface area contributed by atoms with Crippen LogP contribution in [0.15, 0.2) is 0 Å². The fourth-order valence-electron chi connectivity index (χ4n) is 1.16. The fourth-order valence-corrected chi connectivity index (χ4v) is 1.16. The number of ketones is 1. The largest absolute Gasteiger partial charge is 0.466 e. The Kier molecular flexibility index (Phi) is 15.4. The average molecular weight is 274 g/mol. The Morgan fingerprint density at radius 3 is 1.95 bits per heavy atom. The van der Waals surface area contributed by atoms with Crippen molar-refractivity contribution in [2.24, 2.45) is 0 Å². The standard InChI is InChI=1S/C8H16O2.C6H10O3/c1-3-4-5-6-7-10-8(2)9;1-3-9-6(8)4-5(2)7/h3-7H2,1-2H3;3-4H2,1-2H3. The molecule has 0 aliphatic heterocycles. The lowest BCUT2D eigenvalue weighted by molar-refractivity contribution is -0.145. The highest BCUT2D eigenvalue weighted by molar-refractivity contribution is 5.94. The molecule has 5 heteroatoms. The Morgan fingerprint density at radius 2 is 1.53 bits per heavy atom. The minimum atomic E-state index is -0.440. The highest BCUT2D eigenvalue weighted by atomic mass is 16.5. The number of unbranched alkanes of at least 4 members (excludes halogenated alkanes) is 3. The van der Waals surface area contributed by atoms with E-state index in [0.29, 0.717) is 13.2 Å². The topological polar surface area (TPSA) is 69.7 Å². The lowest BCUT2D eigenvalue weighted by Gasteiger charge is -1.99. The Morgan fingerprint density at radius 1 is 0.895 bits per heavy atom. The van der Waals surface area contributed by atoms with Crippen LogP contribution in [0.4, 0.5) is 0 Å². The molecule has 5 nitrogen and oxygen atoms in total. The molecule has 0 radical (unpaired) electrons. The molecule has 0 unspecified atom stereocenters. The molecule has 0 aromatic carbocycles. The van der Waals surface area contributed by atoms with Crippen LogP contribution < -0.4 is 0 Å². The third kappa shape index (κ3) is 22.3. The molecule has 0 aliphatic rings. The summed E-state index contributed by atoms with van der Waals surface area (Å²) in [5, 5.41) is 0. The molecule has 0 bridgehead atoms. The number of Topliss-reactive ketones (excluding diaryl/α,β-unsaturated/α-hetero) is 1. The number of hydrogen-bond acceptors (Lipinski definition) is 5. The summed E-state index contributed by atoms with van der Waals surface area (Å²) in [7, 11) is 0. The maximum absolute atomic E-state index is 10.4. The molecule has 19 heavy (non-hydrogen) atoms. The van der Waals surface area contributed by atoms with Gasteiger partial charge < -0.3 is 9.47 Å². The van der Waals surface area contributed by atoms with Gasteiger partial charge >= 0.3 is 11.9 Å². The van der Waals surface area contributed by atoms with Crippen LogP contribution >= 0.6 is 0 Å². The summed E-state index contributed by atoms with van der Waals surface area (Å²) >= 11 is 0. The molecule has 0 heterocycles. The van der Waals surface area contributed by atoms with Crippen LogP contribution in [-0.4, -0.2) is 30.9 Å². The van der Waals surface area contributed by atoms with Crippen LogP contribution in [0.3, 0.4) is 0 Å². The smallest absolute Gasteiger partial charge is 0.313 e. The molecule has 0 saturated carbocycles. The zero-order valence-electron chi connectivity index (χ0n) is 12.5. The van der Waals surface area contributed by atoms with Gasteiger partial charge in [-0.25, -0.2) is 0 Å². The SMILES string of the molecule is CCCCCCOC(C)=O.CCOC(=O)CC(C)=O. The van der Waals surface area contributed by atoms with Crippen molar-refractivity contribution in [1.82, 2.24) is 0 Å². The highest BCUT2D eigenvalue weighted by Gasteiger charge is 2.03. The third-order valence-electron chi connectivity index (χ3n) is 2.00. The molecule has 112 valence electrons. The minimum Gasteiger partial charge on any atom is -0.466 e. The van der Waals surface area contributed by atoms with Crippen LogP contribution in [0.2, 0.25) is 0 Å². The van der Waals surface area contributed by atoms with Crippen molar-refractivity contribution in [3.05, 3.63) is 0 Å². The molecule has 0 N–H and O–H groups in total. The summed E-state index contributed by atoms with van der Waals surface area (Å²) in [4.78, 5) is 30.9. The van der Waals surface area contributed by atoms with Crippen molar-refractivity contribution in [3.63, 3.8) is 0 Å². The van der Waals surface area contributed by atoms with E-state index in [1.807, 2.05) is 0 Å². The predicted molar refractivity (Wildman–Crippen MR) is 72.7 cm³/mol. The molecule has 0 rings (SSSR count). The van der Waals surface area contributed by atoms with E-state index in [0.717, 1.165) is 6.42 Å². The van der Waals surface area contributed by atoms with Crippen LogP contribution in [-0.2, 0) is 23.9 Å². The number of hydrogen-bond donors (Lipinski definition) is 0. The Balaban J connectivity index is 0. The third-order valence-corrected chi connectivity index (χ3v) is 2.00. The molecule has 0 aromatic rings. The Bertz CT molecular complexity index is 261. The number of rotatable bonds is 8. The minimum absolute atomic E-state index is 0.103. The quantitative estimate of drug-likeness (QED) is 0.386. The van der Waals surface area contributed by atoms with E-state index >= 15 is 0 Å². The van der Waals surface area contributed by atoms with Gasteiger partial charge in [0.25, 0.3) is 0 Å². The fraction of sp³-hybridized carbons (Fsp3) is 0.786. The van der Waals surface area contributed by atoms with Crippen molar-refractivity contribution >= 4 is 17.7 Å². The van der Waals surface area contributed by atoms with Gasteiger partial charge in [-0.3, -0.25) is 14.4 Å². The van der Waals surface area contributed by atoms with E-state index in [-0.39, 0.29) is 18.2 Å². The first-order valence-corrected chi connectivity index (χ1v) is 6.72. The van der Waals surface area contributed by atoms with Crippen molar-refractivity contribution < 1.29 is 23.9 Å². The molecule has 0 fully saturated rings. The van der Waals surface area contributed by atoms with Gasteiger partial charge in [-0.05, 0) is 20.3 Å². The second-order valence-corrected chi connectivity index (χ2v) is 4.08.